The van der Waals surface area contributed by atoms with Gasteiger partial charge in [0.2, 0.25) is 0 Å². The Morgan fingerprint density at radius 2 is 1.77 bits per heavy atom. The van der Waals surface area contributed by atoms with Crippen molar-refractivity contribution in [3.63, 3.8) is 0 Å². The SMILES string of the molecule is C[N+](C)(C)CCCl.Cn1cc(C(=O)Nc2ccc(F)cc2-c2ccc(Cl)c(Cl)c2)c(C(F)F)n1.[Cl-]. The average molecular weight is 572 g/mol. The van der Waals surface area contributed by atoms with E-state index in [-0.39, 0.29) is 28.7 Å². The van der Waals surface area contributed by atoms with Crippen LogP contribution in [0.4, 0.5) is 18.9 Å². The minimum Gasteiger partial charge on any atom is -1.00 e. The lowest BCUT2D eigenvalue weighted by molar-refractivity contribution is -0.867. The van der Waals surface area contributed by atoms with Gasteiger partial charge < -0.3 is 22.2 Å². The van der Waals surface area contributed by atoms with Crippen LogP contribution in [0.5, 0.6) is 0 Å². The number of benzene rings is 2. The van der Waals surface area contributed by atoms with Crippen molar-refractivity contribution in [2.24, 2.45) is 7.05 Å². The third-order valence-corrected chi connectivity index (χ3v) is 5.43. The molecule has 1 heterocycles. The summed E-state index contributed by atoms with van der Waals surface area (Å²) < 4.78 is 42.0. The third kappa shape index (κ3) is 9.20. The number of quaternary nitrogens is 1. The van der Waals surface area contributed by atoms with Gasteiger partial charge in [0.15, 0.2) is 0 Å². The molecule has 2 aromatic carbocycles. The fourth-order valence-electron chi connectivity index (χ4n) is 2.81. The molecule has 0 fully saturated rings. The molecular formula is C23H25Cl4F3N4O. The Morgan fingerprint density at radius 1 is 1.11 bits per heavy atom. The summed E-state index contributed by atoms with van der Waals surface area (Å²) in [5.74, 6) is -0.571. The summed E-state index contributed by atoms with van der Waals surface area (Å²) in [7, 11) is 7.81. The van der Waals surface area contributed by atoms with Crippen LogP contribution in [0.15, 0.2) is 42.6 Å². The largest absolute Gasteiger partial charge is 1.00 e. The second-order valence-corrected chi connectivity index (χ2v) is 9.57. The van der Waals surface area contributed by atoms with Gasteiger partial charge in [0, 0.05) is 24.5 Å². The third-order valence-electron chi connectivity index (χ3n) is 4.52. The van der Waals surface area contributed by atoms with Crippen LogP contribution in [0.1, 0.15) is 22.5 Å². The molecule has 5 nitrogen and oxygen atoms in total. The van der Waals surface area contributed by atoms with Gasteiger partial charge in [-0.1, -0.05) is 29.3 Å². The number of nitrogens with zero attached hydrogens (tertiary/aromatic N) is 3. The van der Waals surface area contributed by atoms with E-state index in [4.69, 9.17) is 34.8 Å². The first-order valence-electron chi connectivity index (χ1n) is 10.1. The van der Waals surface area contributed by atoms with Crippen molar-refractivity contribution in [3.05, 3.63) is 69.7 Å². The topological polar surface area (TPSA) is 46.9 Å². The van der Waals surface area contributed by atoms with Gasteiger partial charge in [-0.3, -0.25) is 9.48 Å². The fourth-order valence-corrected chi connectivity index (χ4v) is 3.62. The van der Waals surface area contributed by atoms with Gasteiger partial charge in [-0.05, 0) is 35.9 Å². The molecule has 1 aromatic heterocycles. The quantitative estimate of drug-likeness (QED) is 0.363. The van der Waals surface area contributed by atoms with Crippen molar-refractivity contribution in [3.8, 4) is 11.1 Å². The molecule has 0 saturated heterocycles. The van der Waals surface area contributed by atoms with Gasteiger partial charge in [0.25, 0.3) is 12.3 Å². The maximum Gasteiger partial charge on any atom is 0.282 e. The summed E-state index contributed by atoms with van der Waals surface area (Å²) in [6.45, 7) is 1.04. The van der Waals surface area contributed by atoms with E-state index in [0.717, 1.165) is 27.7 Å². The zero-order valence-electron chi connectivity index (χ0n) is 19.4. The molecule has 0 atom stereocenters. The first-order valence-corrected chi connectivity index (χ1v) is 11.4. The number of anilines is 1. The highest BCUT2D eigenvalue weighted by Gasteiger charge is 2.23. The lowest BCUT2D eigenvalue weighted by Crippen LogP contribution is -3.00. The average Bonchev–Trinajstić information content (AvgIpc) is 3.13. The number of amides is 1. The highest BCUT2D eigenvalue weighted by atomic mass is 35.5. The predicted octanol–water partition coefficient (Wildman–Crippen LogP) is 3.66. The second-order valence-electron chi connectivity index (χ2n) is 8.38. The van der Waals surface area contributed by atoms with E-state index in [1.54, 1.807) is 6.07 Å². The Bertz CT molecular complexity index is 1150. The highest BCUT2D eigenvalue weighted by molar-refractivity contribution is 6.42. The Kier molecular flexibility index (Phi) is 11.9. The van der Waals surface area contributed by atoms with E-state index in [1.165, 1.54) is 37.5 Å². The number of hydrogen-bond acceptors (Lipinski definition) is 2. The van der Waals surface area contributed by atoms with E-state index in [9.17, 15) is 18.0 Å². The van der Waals surface area contributed by atoms with Crippen molar-refractivity contribution in [2.45, 2.75) is 6.43 Å². The molecule has 12 heteroatoms. The normalized spacial score (nSPS) is 10.9. The van der Waals surface area contributed by atoms with Crippen molar-refractivity contribution in [1.82, 2.24) is 9.78 Å². The monoisotopic (exact) mass is 570 g/mol. The van der Waals surface area contributed by atoms with Gasteiger partial charge >= 0.3 is 0 Å². The van der Waals surface area contributed by atoms with E-state index in [1.807, 2.05) is 0 Å². The van der Waals surface area contributed by atoms with Crippen LogP contribution in [0.3, 0.4) is 0 Å². The Labute approximate surface area is 223 Å². The molecule has 1 N–H and O–H groups in total. The Balaban J connectivity index is 0.000000672. The minimum absolute atomic E-state index is 0. The van der Waals surface area contributed by atoms with Crippen LogP contribution < -0.4 is 17.7 Å². The van der Waals surface area contributed by atoms with E-state index >= 15 is 0 Å². The molecule has 0 aliphatic rings. The van der Waals surface area contributed by atoms with Gasteiger partial charge in [-0.25, -0.2) is 13.2 Å². The summed E-state index contributed by atoms with van der Waals surface area (Å²) in [5.41, 5.74) is 0.151. The molecule has 0 bridgehead atoms. The zero-order valence-corrected chi connectivity index (χ0v) is 22.5. The standard InChI is InChI=1S/C18H12Cl2F3N3O.C5H13ClN.ClH/c1-26-8-12(16(25-26)17(22)23)18(27)24-15-5-3-10(21)7-11(15)9-2-4-13(19)14(20)6-9;1-7(2,3)5-4-6;/h2-8,17H,1H3,(H,24,27);4-5H2,1-3H3;1H/q;+1;/p-1. The molecule has 0 unspecified atom stereocenters. The smallest absolute Gasteiger partial charge is 0.282 e. The molecule has 0 aliphatic heterocycles. The van der Waals surface area contributed by atoms with Gasteiger partial charge in [-0.15, -0.1) is 11.6 Å². The van der Waals surface area contributed by atoms with E-state index < -0.39 is 23.8 Å². The molecular weight excluding hydrogens is 547 g/mol. The summed E-state index contributed by atoms with van der Waals surface area (Å²) in [4.78, 5) is 12.5. The molecule has 1 amide bonds. The summed E-state index contributed by atoms with van der Waals surface area (Å²) in [6, 6.07) is 8.34. The van der Waals surface area contributed by atoms with Crippen molar-refractivity contribution >= 4 is 46.4 Å². The van der Waals surface area contributed by atoms with Crippen LogP contribution in [0, 0.1) is 5.82 Å². The number of nitrogens with one attached hydrogen (secondary N) is 1. The molecule has 3 rings (SSSR count). The summed E-state index contributed by atoms with van der Waals surface area (Å²) in [5, 5.41) is 6.70. The minimum atomic E-state index is -2.91. The van der Waals surface area contributed by atoms with Crippen LogP contribution in [0.25, 0.3) is 11.1 Å². The van der Waals surface area contributed by atoms with Crippen molar-refractivity contribution in [2.75, 3.05) is 38.9 Å². The first kappa shape index (κ1) is 31.1. The number of rotatable bonds is 6. The summed E-state index contributed by atoms with van der Waals surface area (Å²) >= 11 is 17.4. The molecule has 35 heavy (non-hydrogen) atoms. The number of alkyl halides is 3. The van der Waals surface area contributed by atoms with Crippen LogP contribution in [0.2, 0.25) is 10.0 Å². The molecule has 3 aromatic rings. The van der Waals surface area contributed by atoms with Crippen LogP contribution >= 0.6 is 34.8 Å². The molecule has 0 aliphatic carbocycles. The number of aryl methyl sites for hydroxylation is 1. The summed E-state index contributed by atoms with van der Waals surface area (Å²) in [6.07, 6.45) is -1.71. The maximum atomic E-state index is 13.8. The zero-order chi connectivity index (χ0) is 25.6. The first-order chi connectivity index (χ1) is 15.8. The fraction of sp³-hybridized carbons (Fsp3) is 0.304. The number of carbonyl (C=O) groups excluding carboxylic acids is 1. The molecule has 192 valence electrons. The second kappa shape index (κ2) is 13.4. The van der Waals surface area contributed by atoms with Gasteiger partial charge in [0.05, 0.1) is 49.2 Å². The van der Waals surface area contributed by atoms with Crippen LogP contribution in [-0.2, 0) is 7.05 Å². The van der Waals surface area contributed by atoms with Crippen molar-refractivity contribution < 1.29 is 34.9 Å². The Hall–Kier alpha value is -1.97. The maximum absolute atomic E-state index is 13.8. The number of aromatic nitrogens is 2. The van der Waals surface area contributed by atoms with E-state index in [2.05, 4.69) is 31.6 Å². The number of halogens is 7. The van der Waals surface area contributed by atoms with Gasteiger partial charge in [0.1, 0.15) is 11.5 Å². The number of hydrogen-bond donors (Lipinski definition) is 1. The molecule has 0 radical (unpaired) electrons. The highest BCUT2D eigenvalue weighted by Crippen LogP contribution is 2.34. The lowest BCUT2D eigenvalue weighted by Gasteiger charge is -2.21. The Morgan fingerprint density at radius 3 is 2.29 bits per heavy atom. The van der Waals surface area contributed by atoms with Gasteiger partial charge in [-0.2, -0.15) is 5.10 Å². The predicted molar refractivity (Wildman–Crippen MR) is 132 cm³/mol. The van der Waals surface area contributed by atoms with Crippen LogP contribution in [-0.4, -0.2) is 53.7 Å². The molecule has 0 spiro atoms. The van der Waals surface area contributed by atoms with Crippen molar-refractivity contribution in [1.29, 1.82) is 0 Å². The molecule has 0 saturated carbocycles. The lowest BCUT2D eigenvalue weighted by atomic mass is 10.0. The van der Waals surface area contributed by atoms with E-state index in [0.29, 0.717) is 16.1 Å². The number of carbonyl (C=O) groups is 1.